The van der Waals surface area contributed by atoms with E-state index in [1.54, 1.807) is 13.3 Å². The summed E-state index contributed by atoms with van der Waals surface area (Å²) in [5, 5.41) is 9.89. The summed E-state index contributed by atoms with van der Waals surface area (Å²) in [4.78, 5) is 20.7. The number of nitrogens with zero attached hydrogens (tertiary/aromatic N) is 3. The lowest BCUT2D eigenvalue weighted by atomic mass is 10.0. The molecule has 27 heavy (non-hydrogen) atoms. The van der Waals surface area contributed by atoms with Crippen molar-refractivity contribution >= 4 is 5.97 Å². The molecule has 0 unspecified atom stereocenters. The molecule has 1 aromatic carbocycles. The van der Waals surface area contributed by atoms with Crippen molar-refractivity contribution in [2.24, 2.45) is 0 Å². The van der Waals surface area contributed by atoms with Crippen LogP contribution in [0.1, 0.15) is 29.2 Å². The van der Waals surface area contributed by atoms with Crippen LogP contribution >= 0.6 is 0 Å². The predicted octanol–water partition coefficient (Wildman–Crippen LogP) is 2.73. The molecule has 1 aliphatic rings. The number of aliphatic carboxylic acids is 1. The van der Waals surface area contributed by atoms with Crippen molar-refractivity contribution in [2.45, 2.75) is 25.9 Å². The van der Waals surface area contributed by atoms with Crippen LogP contribution in [0.3, 0.4) is 0 Å². The molecule has 2 heterocycles. The lowest BCUT2D eigenvalue weighted by Crippen LogP contribution is -2.37. The normalized spacial score (nSPS) is 17.3. The zero-order valence-corrected chi connectivity index (χ0v) is 16.0. The molecule has 1 atom stereocenters. The minimum atomic E-state index is -0.805. The largest absolute Gasteiger partial charge is 0.496 e. The summed E-state index contributed by atoms with van der Waals surface area (Å²) in [6.45, 7) is 6.08. The number of benzene rings is 1. The van der Waals surface area contributed by atoms with E-state index in [9.17, 15) is 9.90 Å². The van der Waals surface area contributed by atoms with Crippen molar-refractivity contribution in [1.82, 2.24) is 14.8 Å². The molecule has 3 rings (SSSR count). The Hall–Kier alpha value is -2.44. The van der Waals surface area contributed by atoms with Gasteiger partial charge in [-0.15, -0.1) is 0 Å². The number of ether oxygens (including phenoxy) is 1. The lowest BCUT2D eigenvalue weighted by Gasteiger charge is -2.28. The number of hydrogen-bond donors (Lipinski definition) is 1. The van der Waals surface area contributed by atoms with E-state index in [-0.39, 0.29) is 0 Å². The molecule has 144 valence electrons. The molecule has 0 bridgehead atoms. The van der Waals surface area contributed by atoms with Crippen LogP contribution in [0.4, 0.5) is 0 Å². The minimum absolute atomic E-state index is 0.632. The SMILES string of the molecule is COc1ccc([C@@H](C(=O)O)N2CCCN(Cc3cccnc3)CC2)cc1C. The van der Waals surface area contributed by atoms with Gasteiger partial charge in [0.2, 0.25) is 0 Å². The van der Waals surface area contributed by atoms with Crippen molar-refractivity contribution in [2.75, 3.05) is 33.3 Å². The Morgan fingerprint density at radius 2 is 2.11 bits per heavy atom. The maximum absolute atomic E-state index is 12.1. The second kappa shape index (κ2) is 8.97. The fourth-order valence-electron chi connectivity index (χ4n) is 3.74. The third-order valence-electron chi connectivity index (χ3n) is 5.09. The number of aryl methyl sites for hydroxylation is 1. The van der Waals surface area contributed by atoms with Crippen molar-refractivity contribution in [3.63, 3.8) is 0 Å². The smallest absolute Gasteiger partial charge is 0.325 e. The second-order valence-electron chi connectivity index (χ2n) is 7.00. The molecule has 0 aliphatic carbocycles. The Labute approximate surface area is 160 Å². The highest BCUT2D eigenvalue weighted by Crippen LogP contribution is 2.27. The van der Waals surface area contributed by atoms with Crippen LogP contribution < -0.4 is 4.74 Å². The molecule has 1 fully saturated rings. The minimum Gasteiger partial charge on any atom is -0.496 e. The van der Waals surface area contributed by atoms with Gasteiger partial charge in [-0.1, -0.05) is 18.2 Å². The van der Waals surface area contributed by atoms with Crippen molar-refractivity contribution in [1.29, 1.82) is 0 Å². The molecule has 1 saturated heterocycles. The fraction of sp³-hybridized carbons (Fsp3) is 0.429. The molecule has 0 amide bonds. The summed E-state index contributed by atoms with van der Waals surface area (Å²) in [5.74, 6) is -0.0262. The monoisotopic (exact) mass is 369 g/mol. The molecule has 6 heteroatoms. The van der Waals surface area contributed by atoms with Crippen LogP contribution in [0.2, 0.25) is 0 Å². The number of aromatic nitrogens is 1. The van der Waals surface area contributed by atoms with Crippen LogP contribution in [0.25, 0.3) is 0 Å². The van der Waals surface area contributed by atoms with Gasteiger partial charge in [-0.3, -0.25) is 19.6 Å². The molecule has 0 radical (unpaired) electrons. The van der Waals surface area contributed by atoms with Gasteiger partial charge in [0.15, 0.2) is 0 Å². The Bertz CT molecular complexity index is 767. The summed E-state index contributed by atoms with van der Waals surface area (Å²) in [5.41, 5.74) is 2.95. The first kappa shape index (κ1) is 19.3. The summed E-state index contributed by atoms with van der Waals surface area (Å²) in [6.07, 6.45) is 4.62. The highest BCUT2D eigenvalue weighted by Gasteiger charge is 2.29. The van der Waals surface area contributed by atoms with Gasteiger partial charge in [-0.2, -0.15) is 0 Å². The van der Waals surface area contributed by atoms with E-state index in [4.69, 9.17) is 4.74 Å². The van der Waals surface area contributed by atoms with Crippen LogP contribution in [0, 0.1) is 6.92 Å². The first-order valence-electron chi connectivity index (χ1n) is 9.31. The molecule has 0 saturated carbocycles. The van der Waals surface area contributed by atoms with Gasteiger partial charge in [0.1, 0.15) is 11.8 Å². The van der Waals surface area contributed by atoms with Crippen LogP contribution in [0.15, 0.2) is 42.7 Å². The van der Waals surface area contributed by atoms with E-state index in [2.05, 4.69) is 20.9 Å². The van der Waals surface area contributed by atoms with Gasteiger partial charge < -0.3 is 9.84 Å². The number of carboxylic acids is 1. The van der Waals surface area contributed by atoms with Crippen molar-refractivity contribution in [3.05, 3.63) is 59.4 Å². The van der Waals surface area contributed by atoms with Crippen molar-refractivity contribution in [3.8, 4) is 5.75 Å². The molecule has 2 aromatic rings. The lowest BCUT2D eigenvalue weighted by molar-refractivity contribution is -0.143. The average molecular weight is 369 g/mol. The van der Waals surface area contributed by atoms with Gasteiger partial charge in [-0.05, 0) is 48.7 Å². The Morgan fingerprint density at radius 1 is 1.26 bits per heavy atom. The molecular formula is C21H27N3O3. The Balaban J connectivity index is 1.71. The highest BCUT2D eigenvalue weighted by molar-refractivity contribution is 5.75. The van der Waals surface area contributed by atoms with Crippen LogP contribution in [-0.4, -0.2) is 59.1 Å². The summed E-state index contributed by atoms with van der Waals surface area (Å²) in [7, 11) is 1.63. The number of methoxy groups -OCH3 is 1. The Morgan fingerprint density at radius 3 is 2.78 bits per heavy atom. The van der Waals surface area contributed by atoms with Gasteiger partial charge in [0.25, 0.3) is 0 Å². The molecule has 0 spiro atoms. The zero-order valence-electron chi connectivity index (χ0n) is 16.0. The molecule has 1 N–H and O–H groups in total. The van der Waals surface area contributed by atoms with E-state index < -0.39 is 12.0 Å². The van der Waals surface area contributed by atoms with E-state index in [1.807, 2.05) is 37.4 Å². The number of carboxylic acid groups (broad SMARTS) is 1. The highest BCUT2D eigenvalue weighted by atomic mass is 16.5. The third-order valence-corrected chi connectivity index (χ3v) is 5.09. The summed E-state index contributed by atoms with van der Waals surface area (Å²) in [6, 6.07) is 9.04. The molecule has 6 nitrogen and oxygen atoms in total. The zero-order chi connectivity index (χ0) is 19.2. The molecule has 1 aliphatic heterocycles. The predicted molar refractivity (Wildman–Crippen MR) is 104 cm³/mol. The fourth-order valence-corrected chi connectivity index (χ4v) is 3.74. The van der Waals surface area contributed by atoms with Gasteiger partial charge in [-0.25, -0.2) is 0 Å². The van der Waals surface area contributed by atoms with Gasteiger partial charge in [0, 0.05) is 38.6 Å². The van der Waals surface area contributed by atoms with E-state index in [0.29, 0.717) is 0 Å². The van der Waals surface area contributed by atoms with Gasteiger partial charge in [0.05, 0.1) is 7.11 Å². The van der Waals surface area contributed by atoms with Crippen molar-refractivity contribution < 1.29 is 14.6 Å². The number of rotatable bonds is 6. The summed E-state index contributed by atoms with van der Waals surface area (Å²) >= 11 is 0. The van der Waals surface area contributed by atoms with E-state index in [1.165, 1.54) is 5.56 Å². The van der Waals surface area contributed by atoms with Crippen LogP contribution in [-0.2, 0) is 11.3 Å². The number of hydrogen-bond acceptors (Lipinski definition) is 5. The number of pyridine rings is 1. The summed E-state index contributed by atoms with van der Waals surface area (Å²) < 4.78 is 5.30. The maximum Gasteiger partial charge on any atom is 0.325 e. The van der Waals surface area contributed by atoms with Gasteiger partial charge >= 0.3 is 5.97 Å². The second-order valence-corrected chi connectivity index (χ2v) is 7.00. The first-order valence-corrected chi connectivity index (χ1v) is 9.31. The maximum atomic E-state index is 12.1. The molecular weight excluding hydrogens is 342 g/mol. The van der Waals surface area contributed by atoms with E-state index in [0.717, 1.165) is 56.0 Å². The standard InChI is InChI=1S/C21H27N3O3/c1-16-13-18(6-7-19(16)27-2)20(21(25)26)24-10-4-9-23(11-12-24)15-17-5-3-8-22-14-17/h3,5-8,13-14,20H,4,9-12,15H2,1-2H3,(H,25,26)/t20-/m0/s1. The number of carbonyl (C=O) groups is 1. The average Bonchev–Trinajstić information content (AvgIpc) is 2.88. The van der Waals surface area contributed by atoms with E-state index >= 15 is 0 Å². The van der Waals surface area contributed by atoms with Crippen LogP contribution in [0.5, 0.6) is 5.75 Å². The first-order chi connectivity index (χ1) is 13.1. The third kappa shape index (κ3) is 4.84. The Kier molecular flexibility index (Phi) is 6.42. The molecule has 1 aromatic heterocycles. The quantitative estimate of drug-likeness (QED) is 0.845. The topological polar surface area (TPSA) is 65.9 Å².